The first-order valence-electron chi connectivity index (χ1n) is 7.62. The molecule has 1 N–H and O–H groups in total. The summed E-state index contributed by atoms with van der Waals surface area (Å²) in [5.41, 5.74) is 0.157. The summed E-state index contributed by atoms with van der Waals surface area (Å²) in [5, 5.41) is 0.423. The highest BCUT2D eigenvalue weighted by molar-refractivity contribution is 7.92. The van der Waals surface area contributed by atoms with Crippen LogP contribution in [0.2, 0.25) is 5.02 Å². The van der Waals surface area contributed by atoms with Crippen molar-refractivity contribution in [1.82, 2.24) is 0 Å². The van der Waals surface area contributed by atoms with Crippen LogP contribution in [0.1, 0.15) is 41.0 Å². The monoisotopic (exact) mass is 359 g/mol. The smallest absolute Gasteiger partial charge is 0.399 e. The molecule has 0 amide bonds. The molecule has 0 atom stereocenters. The third kappa shape index (κ3) is 4.21. The Morgan fingerprint density at radius 1 is 1.13 bits per heavy atom. The zero-order valence-electron chi connectivity index (χ0n) is 14.1. The molecule has 0 aromatic heterocycles. The molecule has 128 valence electrons. The van der Waals surface area contributed by atoms with Crippen LogP contribution in [0.4, 0.5) is 5.69 Å². The predicted molar refractivity (Wildman–Crippen MR) is 94.9 cm³/mol. The van der Waals surface area contributed by atoms with E-state index in [1.165, 1.54) is 0 Å². The zero-order chi connectivity index (χ0) is 17.5. The lowest BCUT2D eigenvalue weighted by atomic mass is 9.79. The second-order valence-corrected chi connectivity index (χ2v) is 9.06. The Labute approximate surface area is 143 Å². The number of hydrogen-bond acceptors (Lipinski definition) is 4. The molecule has 0 unspecified atom stereocenters. The molecule has 1 fully saturated rings. The van der Waals surface area contributed by atoms with Gasteiger partial charge in [-0.25, -0.2) is 8.42 Å². The summed E-state index contributed by atoms with van der Waals surface area (Å²) in [4.78, 5) is 0. The van der Waals surface area contributed by atoms with Crippen LogP contribution in [0.5, 0.6) is 0 Å². The van der Waals surface area contributed by atoms with Gasteiger partial charge in [0.15, 0.2) is 0 Å². The van der Waals surface area contributed by atoms with Gasteiger partial charge in [0, 0.05) is 10.7 Å². The van der Waals surface area contributed by atoms with Crippen molar-refractivity contribution < 1.29 is 17.7 Å². The molecule has 0 aliphatic carbocycles. The molecule has 8 heteroatoms. The van der Waals surface area contributed by atoms with Gasteiger partial charge in [0.25, 0.3) is 0 Å². The van der Waals surface area contributed by atoms with E-state index in [1.807, 2.05) is 34.6 Å². The maximum Gasteiger partial charge on any atom is 0.494 e. The molecule has 0 bridgehead atoms. The van der Waals surface area contributed by atoms with Gasteiger partial charge in [-0.2, -0.15) is 0 Å². The molecule has 0 spiro atoms. The van der Waals surface area contributed by atoms with Crippen LogP contribution >= 0.6 is 11.6 Å². The molecule has 1 aromatic rings. The van der Waals surface area contributed by atoms with Crippen LogP contribution in [0, 0.1) is 0 Å². The Morgan fingerprint density at radius 2 is 1.70 bits per heavy atom. The molecule has 2 rings (SSSR count). The highest BCUT2D eigenvalue weighted by Gasteiger charge is 2.51. The molecule has 0 radical (unpaired) electrons. The van der Waals surface area contributed by atoms with Gasteiger partial charge < -0.3 is 9.31 Å². The third-order valence-corrected chi connectivity index (χ3v) is 5.90. The summed E-state index contributed by atoms with van der Waals surface area (Å²) in [7, 11) is -3.97. The first-order chi connectivity index (χ1) is 10.5. The van der Waals surface area contributed by atoms with E-state index in [1.54, 1.807) is 18.2 Å². The second-order valence-electron chi connectivity index (χ2n) is 6.78. The highest BCUT2D eigenvalue weighted by Crippen LogP contribution is 2.36. The number of nitrogens with one attached hydrogen (secondary N) is 1. The standard InChI is InChI=1S/C15H23BClNO4S/c1-6-7-23(19,20)18-13-9-11(8-12(17)10-13)16-21-14(2,3)15(4,5)22-16/h8-10,18H,6-7H2,1-5H3. The van der Waals surface area contributed by atoms with Crippen molar-refractivity contribution in [3.05, 3.63) is 23.2 Å². The van der Waals surface area contributed by atoms with Crippen molar-refractivity contribution in [2.75, 3.05) is 10.5 Å². The first-order valence-corrected chi connectivity index (χ1v) is 9.65. The van der Waals surface area contributed by atoms with Crippen molar-refractivity contribution in [2.24, 2.45) is 0 Å². The molecule has 23 heavy (non-hydrogen) atoms. The fraction of sp³-hybridized carbons (Fsp3) is 0.600. The topological polar surface area (TPSA) is 64.6 Å². The Kier molecular flexibility index (Phi) is 5.07. The summed E-state index contributed by atoms with van der Waals surface area (Å²) < 4.78 is 38.4. The number of sulfonamides is 1. The molecule has 1 aromatic carbocycles. The van der Waals surface area contributed by atoms with Crippen molar-refractivity contribution in [1.29, 1.82) is 0 Å². The van der Waals surface area contributed by atoms with E-state index in [4.69, 9.17) is 20.9 Å². The van der Waals surface area contributed by atoms with Crippen LogP contribution in [-0.2, 0) is 19.3 Å². The van der Waals surface area contributed by atoms with Crippen molar-refractivity contribution in [3.8, 4) is 0 Å². The van der Waals surface area contributed by atoms with E-state index in [-0.39, 0.29) is 5.75 Å². The first kappa shape index (κ1) is 18.6. The number of halogens is 1. The molecule has 1 heterocycles. The lowest BCUT2D eigenvalue weighted by Crippen LogP contribution is -2.41. The average Bonchev–Trinajstić information content (AvgIpc) is 2.56. The van der Waals surface area contributed by atoms with E-state index in [0.717, 1.165) is 0 Å². The van der Waals surface area contributed by atoms with Gasteiger partial charge in [0.2, 0.25) is 10.0 Å². The number of benzene rings is 1. The Morgan fingerprint density at radius 3 is 2.22 bits per heavy atom. The lowest BCUT2D eigenvalue weighted by molar-refractivity contribution is 0.00578. The highest BCUT2D eigenvalue weighted by atomic mass is 35.5. The molecule has 1 aliphatic rings. The van der Waals surface area contributed by atoms with Crippen LogP contribution in [-0.4, -0.2) is 32.5 Å². The van der Waals surface area contributed by atoms with Gasteiger partial charge in [0.1, 0.15) is 0 Å². The fourth-order valence-electron chi connectivity index (χ4n) is 2.29. The Balaban J connectivity index is 2.29. The van der Waals surface area contributed by atoms with Crippen molar-refractivity contribution >= 4 is 39.9 Å². The number of rotatable bonds is 5. The summed E-state index contributed by atoms with van der Waals surface area (Å²) in [5.74, 6) is 0.0609. The summed E-state index contributed by atoms with van der Waals surface area (Å²) in [6, 6.07) is 4.99. The minimum Gasteiger partial charge on any atom is -0.399 e. The Hall–Kier alpha value is -0.755. The van der Waals surface area contributed by atoms with E-state index < -0.39 is 28.3 Å². The van der Waals surface area contributed by atoms with E-state index in [0.29, 0.717) is 22.6 Å². The number of anilines is 1. The zero-order valence-corrected chi connectivity index (χ0v) is 15.7. The van der Waals surface area contributed by atoms with Crippen LogP contribution in [0.25, 0.3) is 0 Å². The van der Waals surface area contributed by atoms with Gasteiger partial charge in [0.05, 0.1) is 17.0 Å². The van der Waals surface area contributed by atoms with Gasteiger partial charge >= 0.3 is 7.12 Å². The summed E-state index contributed by atoms with van der Waals surface area (Å²) in [6.45, 7) is 9.66. The average molecular weight is 360 g/mol. The number of hydrogen-bond donors (Lipinski definition) is 1. The summed E-state index contributed by atoms with van der Waals surface area (Å²) >= 11 is 6.13. The van der Waals surface area contributed by atoms with Gasteiger partial charge in [-0.15, -0.1) is 0 Å². The van der Waals surface area contributed by atoms with Crippen LogP contribution in [0.3, 0.4) is 0 Å². The lowest BCUT2D eigenvalue weighted by Gasteiger charge is -2.32. The molecule has 1 aliphatic heterocycles. The SMILES string of the molecule is CCCS(=O)(=O)Nc1cc(Cl)cc(B2OC(C)(C)C(C)(C)O2)c1. The maximum absolute atomic E-state index is 11.9. The van der Waals surface area contributed by atoms with Gasteiger partial charge in [-0.3, -0.25) is 4.72 Å². The van der Waals surface area contributed by atoms with Crippen molar-refractivity contribution in [3.63, 3.8) is 0 Å². The predicted octanol–water partition coefficient (Wildman–Crippen LogP) is 2.79. The van der Waals surface area contributed by atoms with Crippen LogP contribution in [0.15, 0.2) is 18.2 Å². The molecular formula is C15H23BClNO4S. The third-order valence-electron chi connectivity index (χ3n) is 4.19. The van der Waals surface area contributed by atoms with Gasteiger partial charge in [-0.1, -0.05) is 18.5 Å². The van der Waals surface area contributed by atoms with Gasteiger partial charge in [-0.05, 0) is 57.8 Å². The minimum atomic E-state index is -3.38. The Bertz CT molecular complexity index is 675. The molecule has 1 saturated heterocycles. The summed E-state index contributed by atoms with van der Waals surface area (Å²) in [6.07, 6.45) is 0.542. The second kappa shape index (κ2) is 6.28. The van der Waals surface area contributed by atoms with Crippen molar-refractivity contribution in [2.45, 2.75) is 52.2 Å². The largest absolute Gasteiger partial charge is 0.494 e. The van der Waals surface area contributed by atoms with Crippen LogP contribution < -0.4 is 10.2 Å². The fourth-order valence-corrected chi connectivity index (χ4v) is 3.65. The molecule has 0 saturated carbocycles. The molecule has 5 nitrogen and oxygen atoms in total. The van der Waals surface area contributed by atoms with E-state index in [2.05, 4.69) is 4.72 Å². The molecular weight excluding hydrogens is 337 g/mol. The quantitative estimate of drug-likeness (QED) is 0.821. The van der Waals surface area contributed by atoms with E-state index in [9.17, 15) is 8.42 Å². The normalized spacial score (nSPS) is 19.8. The van der Waals surface area contributed by atoms with E-state index >= 15 is 0 Å². The minimum absolute atomic E-state index is 0.0609. The maximum atomic E-state index is 11.9.